The van der Waals surface area contributed by atoms with Crippen molar-refractivity contribution in [3.05, 3.63) is 125 Å². The molecule has 0 saturated carbocycles. The maximum absolute atomic E-state index is 2.30. The first-order valence-corrected chi connectivity index (χ1v) is 11.8. The quantitative estimate of drug-likeness (QED) is 0.278. The SMILES string of the molecule is CCC(c1ccccc1)c1ccc(CN(C)c2ccc(N(C)c3ccc(C)cc3)cc2)cc1. The van der Waals surface area contributed by atoms with Gasteiger partial charge in [-0.05, 0) is 66.4 Å². The van der Waals surface area contributed by atoms with E-state index >= 15 is 0 Å². The summed E-state index contributed by atoms with van der Waals surface area (Å²) < 4.78 is 0. The monoisotopic (exact) mass is 434 g/mol. The Balaban J connectivity index is 1.41. The summed E-state index contributed by atoms with van der Waals surface area (Å²) in [7, 11) is 4.27. The van der Waals surface area contributed by atoms with Crippen molar-refractivity contribution in [2.24, 2.45) is 0 Å². The van der Waals surface area contributed by atoms with Gasteiger partial charge in [-0.15, -0.1) is 0 Å². The van der Waals surface area contributed by atoms with Crippen molar-refractivity contribution in [2.75, 3.05) is 23.9 Å². The first kappa shape index (κ1) is 22.7. The summed E-state index contributed by atoms with van der Waals surface area (Å²) in [4.78, 5) is 4.53. The summed E-state index contributed by atoms with van der Waals surface area (Å²) in [5.74, 6) is 0.455. The third kappa shape index (κ3) is 5.46. The van der Waals surface area contributed by atoms with Crippen molar-refractivity contribution in [2.45, 2.75) is 32.7 Å². The fraction of sp³-hybridized carbons (Fsp3) is 0.226. The van der Waals surface area contributed by atoms with E-state index in [1.54, 1.807) is 0 Å². The lowest BCUT2D eigenvalue weighted by atomic mass is 9.89. The van der Waals surface area contributed by atoms with Crippen LogP contribution in [0.25, 0.3) is 0 Å². The summed E-state index contributed by atoms with van der Waals surface area (Å²) in [6.07, 6.45) is 1.10. The van der Waals surface area contributed by atoms with Gasteiger partial charge in [0.25, 0.3) is 0 Å². The maximum Gasteiger partial charge on any atom is 0.0426 e. The largest absolute Gasteiger partial charge is 0.370 e. The van der Waals surface area contributed by atoms with Crippen LogP contribution in [-0.4, -0.2) is 14.1 Å². The van der Waals surface area contributed by atoms with Crippen molar-refractivity contribution in [1.82, 2.24) is 0 Å². The zero-order valence-corrected chi connectivity index (χ0v) is 20.2. The molecule has 0 bridgehead atoms. The Labute approximate surface area is 199 Å². The molecule has 0 radical (unpaired) electrons. The van der Waals surface area contributed by atoms with E-state index in [1.165, 1.54) is 39.3 Å². The summed E-state index contributed by atoms with van der Waals surface area (Å²) in [5, 5.41) is 0. The third-order valence-corrected chi connectivity index (χ3v) is 6.51. The molecule has 2 nitrogen and oxygen atoms in total. The van der Waals surface area contributed by atoms with E-state index in [-0.39, 0.29) is 0 Å². The minimum atomic E-state index is 0.455. The predicted octanol–water partition coefficient (Wildman–Crippen LogP) is 7.94. The molecule has 0 aliphatic rings. The molecule has 4 aromatic carbocycles. The van der Waals surface area contributed by atoms with Gasteiger partial charge >= 0.3 is 0 Å². The van der Waals surface area contributed by atoms with Gasteiger partial charge in [-0.1, -0.05) is 79.2 Å². The average Bonchev–Trinajstić information content (AvgIpc) is 2.86. The lowest BCUT2D eigenvalue weighted by molar-refractivity contribution is 0.776. The Bertz CT molecular complexity index is 1130. The van der Waals surface area contributed by atoms with Gasteiger partial charge in [-0.25, -0.2) is 0 Å². The Morgan fingerprint density at radius 3 is 1.70 bits per heavy atom. The molecule has 0 N–H and O–H groups in total. The second kappa shape index (κ2) is 10.4. The highest BCUT2D eigenvalue weighted by atomic mass is 15.1. The Morgan fingerprint density at radius 1 is 0.606 bits per heavy atom. The van der Waals surface area contributed by atoms with Gasteiger partial charge in [0.2, 0.25) is 0 Å². The van der Waals surface area contributed by atoms with E-state index < -0.39 is 0 Å². The summed E-state index contributed by atoms with van der Waals surface area (Å²) in [5.41, 5.74) is 8.98. The van der Waals surface area contributed by atoms with Gasteiger partial charge in [0.1, 0.15) is 0 Å². The van der Waals surface area contributed by atoms with Crippen LogP contribution in [0.15, 0.2) is 103 Å². The zero-order chi connectivity index (χ0) is 23.2. The molecule has 0 heterocycles. The average molecular weight is 435 g/mol. The highest BCUT2D eigenvalue weighted by molar-refractivity contribution is 5.65. The topological polar surface area (TPSA) is 6.48 Å². The van der Waals surface area contributed by atoms with Crippen LogP contribution in [0.5, 0.6) is 0 Å². The lowest BCUT2D eigenvalue weighted by Gasteiger charge is -2.23. The van der Waals surface area contributed by atoms with E-state index in [4.69, 9.17) is 0 Å². The van der Waals surface area contributed by atoms with E-state index in [9.17, 15) is 0 Å². The van der Waals surface area contributed by atoms with Gasteiger partial charge in [-0.2, -0.15) is 0 Å². The molecule has 2 heteroatoms. The molecule has 1 atom stereocenters. The smallest absolute Gasteiger partial charge is 0.0426 e. The second-order valence-corrected chi connectivity index (χ2v) is 8.88. The van der Waals surface area contributed by atoms with Crippen molar-refractivity contribution in [3.8, 4) is 0 Å². The molecule has 4 aromatic rings. The highest BCUT2D eigenvalue weighted by Gasteiger charge is 2.12. The standard InChI is InChI=1S/C31H34N2/c1-5-31(26-9-7-6-8-10-26)27-15-13-25(14-16-27)23-32(3)28-19-21-30(22-20-28)33(4)29-17-11-24(2)12-18-29/h6-22,31H,5,23H2,1-4H3. The molecule has 0 saturated heterocycles. The van der Waals surface area contributed by atoms with Crippen LogP contribution in [0.1, 0.15) is 41.5 Å². The van der Waals surface area contributed by atoms with Crippen LogP contribution in [-0.2, 0) is 6.54 Å². The Hall–Kier alpha value is -3.52. The van der Waals surface area contributed by atoms with Crippen LogP contribution in [0.3, 0.4) is 0 Å². The first-order valence-electron chi connectivity index (χ1n) is 11.8. The van der Waals surface area contributed by atoms with Crippen molar-refractivity contribution in [3.63, 3.8) is 0 Å². The fourth-order valence-electron chi connectivity index (χ4n) is 4.42. The second-order valence-electron chi connectivity index (χ2n) is 8.88. The first-order chi connectivity index (χ1) is 16.0. The Morgan fingerprint density at radius 2 is 1.12 bits per heavy atom. The van der Waals surface area contributed by atoms with Gasteiger partial charge in [0.15, 0.2) is 0 Å². The normalized spacial score (nSPS) is 11.8. The van der Waals surface area contributed by atoms with Crippen LogP contribution < -0.4 is 9.80 Å². The van der Waals surface area contributed by atoms with Crippen LogP contribution in [0, 0.1) is 6.92 Å². The molecule has 0 aliphatic heterocycles. The van der Waals surface area contributed by atoms with E-state index in [0.717, 1.165) is 13.0 Å². The molecule has 1 unspecified atom stereocenters. The van der Waals surface area contributed by atoms with Crippen molar-refractivity contribution < 1.29 is 0 Å². The molecule has 0 spiro atoms. The Kier molecular flexibility index (Phi) is 7.14. The number of hydrogen-bond acceptors (Lipinski definition) is 2. The molecular formula is C31H34N2. The molecule has 0 aliphatic carbocycles. The molecule has 0 fully saturated rings. The van der Waals surface area contributed by atoms with Crippen LogP contribution in [0.2, 0.25) is 0 Å². The summed E-state index contributed by atoms with van der Waals surface area (Å²) in [6.45, 7) is 5.27. The van der Waals surface area contributed by atoms with E-state index in [1.807, 2.05) is 0 Å². The van der Waals surface area contributed by atoms with Gasteiger partial charge in [0.05, 0.1) is 0 Å². The molecular weight excluding hydrogens is 400 g/mol. The highest BCUT2D eigenvalue weighted by Crippen LogP contribution is 2.29. The van der Waals surface area contributed by atoms with Crippen LogP contribution >= 0.6 is 0 Å². The number of nitrogens with zero attached hydrogens (tertiary/aromatic N) is 2. The number of aryl methyl sites for hydroxylation is 1. The number of rotatable bonds is 8. The zero-order valence-electron chi connectivity index (χ0n) is 20.2. The minimum Gasteiger partial charge on any atom is -0.370 e. The lowest BCUT2D eigenvalue weighted by Crippen LogP contribution is -2.16. The molecule has 168 valence electrons. The number of anilines is 3. The van der Waals surface area contributed by atoms with Crippen LogP contribution in [0.4, 0.5) is 17.1 Å². The third-order valence-electron chi connectivity index (χ3n) is 6.51. The van der Waals surface area contributed by atoms with E-state index in [0.29, 0.717) is 5.92 Å². The molecule has 0 amide bonds. The molecule has 4 rings (SSSR count). The number of hydrogen-bond donors (Lipinski definition) is 0. The molecule has 0 aromatic heterocycles. The number of benzene rings is 4. The van der Waals surface area contributed by atoms with E-state index in [2.05, 4.69) is 141 Å². The maximum atomic E-state index is 2.30. The summed E-state index contributed by atoms with van der Waals surface area (Å²) >= 11 is 0. The van der Waals surface area contributed by atoms with Gasteiger partial charge in [0, 0.05) is 43.6 Å². The fourth-order valence-corrected chi connectivity index (χ4v) is 4.42. The predicted molar refractivity (Wildman–Crippen MR) is 143 cm³/mol. The summed E-state index contributed by atoms with van der Waals surface area (Å²) in [6, 6.07) is 37.4. The van der Waals surface area contributed by atoms with Gasteiger partial charge < -0.3 is 9.80 Å². The minimum absolute atomic E-state index is 0.455. The van der Waals surface area contributed by atoms with Crippen molar-refractivity contribution >= 4 is 17.1 Å². The van der Waals surface area contributed by atoms with Crippen molar-refractivity contribution in [1.29, 1.82) is 0 Å². The van der Waals surface area contributed by atoms with Gasteiger partial charge in [-0.3, -0.25) is 0 Å². The molecule has 33 heavy (non-hydrogen) atoms.